The van der Waals surface area contributed by atoms with Crippen LogP contribution in [0.3, 0.4) is 0 Å². The first kappa shape index (κ1) is 14.8. The highest BCUT2D eigenvalue weighted by atomic mass is 16.6. The lowest BCUT2D eigenvalue weighted by molar-refractivity contribution is -0.258. The van der Waals surface area contributed by atoms with Gasteiger partial charge in [0, 0.05) is 13.8 Å². The largest absolute Gasteiger partial charge is 0.457 e. The molecule has 4 N–H and O–H groups in total. The monoisotopic (exact) mass is 263 g/mol. The highest BCUT2D eigenvalue weighted by Gasteiger charge is 2.46. The molecule has 1 amide bonds. The normalized spacial score (nSPS) is 35.9. The van der Waals surface area contributed by atoms with E-state index >= 15 is 0 Å². The topological polar surface area (TPSA) is 125 Å². The molecule has 0 aromatic carbocycles. The fraction of sp³-hybridized carbons (Fsp3) is 0.800. The van der Waals surface area contributed by atoms with E-state index in [1.807, 2.05) is 0 Å². The van der Waals surface area contributed by atoms with Gasteiger partial charge in [0.05, 0.1) is 6.61 Å². The second kappa shape index (κ2) is 6.10. The Morgan fingerprint density at radius 1 is 1.33 bits per heavy atom. The third-order valence-corrected chi connectivity index (χ3v) is 2.54. The van der Waals surface area contributed by atoms with E-state index in [0.717, 1.165) is 6.92 Å². The van der Waals surface area contributed by atoms with E-state index in [2.05, 4.69) is 5.32 Å². The lowest BCUT2D eigenvalue weighted by atomic mass is 9.96. The first-order valence-corrected chi connectivity index (χ1v) is 5.43. The number of aliphatic hydroxyl groups excluding tert-OH is 3. The minimum absolute atomic E-state index is 0.477. The fourth-order valence-electron chi connectivity index (χ4n) is 1.80. The van der Waals surface area contributed by atoms with Crippen molar-refractivity contribution in [2.24, 2.45) is 0 Å². The van der Waals surface area contributed by atoms with Crippen molar-refractivity contribution >= 4 is 11.9 Å². The number of carbonyl (C=O) groups is 2. The summed E-state index contributed by atoms with van der Waals surface area (Å²) >= 11 is 0. The smallest absolute Gasteiger partial charge is 0.303 e. The molecule has 18 heavy (non-hydrogen) atoms. The minimum atomic E-state index is -1.49. The summed E-state index contributed by atoms with van der Waals surface area (Å²) in [6, 6.07) is -1.09. The first-order chi connectivity index (χ1) is 8.36. The average Bonchev–Trinajstić information content (AvgIpc) is 2.27. The molecule has 1 rings (SSSR count). The van der Waals surface area contributed by atoms with Crippen LogP contribution in [0.2, 0.25) is 0 Å². The van der Waals surface area contributed by atoms with E-state index in [1.165, 1.54) is 6.92 Å². The summed E-state index contributed by atoms with van der Waals surface area (Å²) < 4.78 is 9.79. The third-order valence-electron chi connectivity index (χ3n) is 2.54. The molecular formula is C10H17NO7. The Hall–Kier alpha value is -1.22. The van der Waals surface area contributed by atoms with Gasteiger partial charge in [0.25, 0.3) is 0 Å². The Labute approximate surface area is 104 Å². The van der Waals surface area contributed by atoms with Gasteiger partial charge in [-0.15, -0.1) is 0 Å². The molecule has 5 atom stereocenters. The van der Waals surface area contributed by atoms with Gasteiger partial charge < -0.3 is 30.1 Å². The number of hydrogen-bond donors (Lipinski definition) is 4. The summed E-state index contributed by atoms with van der Waals surface area (Å²) in [4.78, 5) is 22.0. The lowest BCUT2D eigenvalue weighted by Gasteiger charge is -2.41. The van der Waals surface area contributed by atoms with E-state index < -0.39 is 49.1 Å². The van der Waals surface area contributed by atoms with E-state index in [9.17, 15) is 19.8 Å². The molecule has 0 unspecified atom stereocenters. The van der Waals surface area contributed by atoms with Crippen LogP contribution in [0.4, 0.5) is 0 Å². The van der Waals surface area contributed by atoms with E-state index in [-0.39, 0.29) is 0 Å². The zero-order valence-electron chi connectivity index (χ0n) is 10.1. The van der Waals surface area contributed by atoms with E-state index in [0.29, 0.717) is 0 Å². The van der Waals surface area contributed by atoms with Crippen LogP contribution in [-0.2, 0) is 19.1 Å². The van der Waals surface area contributed by atoms with Gasteiger partial charge in [0.2, 0.25) is 5.91 Å². The first-order valence-electron chi connectivity index (χ1n) is 5.43. The van der Waals surface area contributed by atoms with Crippen molar-refractivity contribution in [1.29, 1.82) is 0 Å². The molecule has 1 aliphatic heterocycles. The number of amides is 1. The predicted molar refractivity (Wildman–Crippen MR) is 57.1 cm³/mol. The summed E-state index contributed by atoms with van der Waals surface area (Å²) in [6.45, 7) is 1.79. The molecule has 8 heteroatoms. The van der Waals surface area contributed by atoms with Crippen LogP contribution >= 0.6 is 0 Å². The molecule has 0 spiro atoms. The quantitative estimate of drug-likeness (QED) is 0.414. The van der Waals surface area contributed by atoms with Crippen molar-refractivity contribution in [3.05, 3.63) is 0 Å². The number of nitrogens with one attached hydrogen (secondary N) is 1. The molecule has 0 radical (unpaired) electrons. The predicted octanol–water partition coefficient (Wildman–Crippen LogP) is -2.51. The van der Waals surface area contributed by atoms with Gasteiger partial charge >= 0.3 is 5.97 Å². The summed E-state index contributed by atoms with van der Waals surface area (Å²) in [5, 5.41) is 30.8. The number of carbonyl (C=O) groups excluding carboxylic acids is 2. The van der Waals surface area contributed by atoms with Crippen LogP contribution in [0.25, 0.3) is 0 Å². The molecule has 104 valence electrons. The highest BCUT2D eigenvalue weighted by Crippen LogP contribution is 2.22. The van der Waals surface area contributed by atoms with Crippen LogP contribution in [-0.4, -0.2) is 64.4 Å². The van der Waals surface area contributed by atoms with Crippen LogP contribution in [0.15, 0.2) is 0 Å². The van der Waals surface area contributed by atoms with Gasteiger partial charge in [-0.3, -0.25) is 9.59 Å². The zero-order chi connectivity index (χ0) is 13.9. The Kier molecular flexibility index (Phi) is 5.03. The van der Waals surface area contributed by atoms with Crippen molar-refractivity contribution < 1.29 is 34.4 Å². The lowest BCUT2D eigenvalue weighted by Crippen LogP contribution is -2.65. The van der Waals surface area contributed by atoms with Gasteiger partial charge in [0.1, 0.15) is 18.2 Å². The molecular weight excluding hydrogens is 246 g/mol. The summed E-state index contributed by atoms with van der Waals surface area (Å²) in [6.07, 6.45) is -5.11. The molecule has 1 fully saturated rings. The molecule has 0 aromatic rings. The minimum Gasteiger partial charge on any atom is -0.457 e. The molecule has 0 saturated carbocycles. The third kappa shape index (κ3) is 3.39. The molecule has 0 aliphatic carbocycles. The maximum absolute atomic E-state index is 11.0. The fourth-order valence-corrected chi connectivity index (χ4v) is 1.80. The molecule has 0 aromatic heterocycles. The number of rotatable bonds is 3. The van der Waals surface area contributed by atoms with Crippen molar-refractivity contribution in [3.63, 3.8) is 0 Å². The van der Waals surface area contributed by atoms with Crippen LogP contribution in [0, 0.1) is 0 Å². The van der Waals surface area contributed by atoms with Gasteiger partial charge in [0.15, 0.2) is 12.4 Å². The molecule has 1 aliphatic rings. The Morgan fingerprint density at radius 2 is 1.94 bits per heavy atom. The van der Waals surface area contributed by atoms with Crippen molar-refractivity contribution in [2.75, 3.05) is 6.61 Å². The van der Waals surface area contributed by atoms with Crippen molar-refractivity contribution in [1.82, 2.24) is 5.32 Å². The summed E-state index contributed by atoms with van der Waals surface area (Å²) in [5.41, 5.74) is 0. The maximum atomic E-state index is 11.0. The van der Waals surface area contributed by atoms with Crippen LogP contribution in [0.1, 0.15) is 13.8 Å². The second-order valence-corrected chi connectivity index (χ2v) is 4.04. The highest BCUT2D eigenvalue weighted by molar-refractivity contribution is 5.73. The molecule has 0 bridgehead atoms. The summed E-state index contributed by atoms with van der Waals surface area (Å²) in [5.74, 6) is -1.16. The number of aliphatic hydroxyl groups is 3. The second-order valence-electron chi connectivity index (χ2n) is 4.04. The van der Waals surface area contributed by atoms with Crippen LogP contribution < -0.4 is 5.32 Å². The van der Waals surface area contributed by atoms with Gasteiger partial charge in [-0.2, -0.15) is 0 Å². The van der Waals surface area contributed by atoms with Crippen molar-refractivity contribution in [3.8, 4) is 0 Å². The summed E-state index contributed by atoms with van der Waals surface area (Å²) in [7, 11) is 0. The number of hydrogen-bond acceptors (Lipinski definition) is 7. The Morgan fingerprint density at radius 3 is 2.39 bits per heavy atom. The SMILES string of the molecule is CC(=O)N[C@H]1[C@@H](OC(C)=O)[C@H](O)[C@@H](CO)O[C@H]1O. The van der Waals surface area contributed by atoms with Crippen molar-refractivity contribution in [2.45, 2.75) is 44.5 Å². The van der Waals surface area contributed by atoms with Gasteiger partial charge in [-0.05, 0) is 0 Å². The molecule has 1 heterocycles. The zero-order valence-corrected chi connectivity index (χ0v) is 10.1. The molecule has 8 nitrogen and oxygen atoms in total. The number of esters is 1. The standard InChI is InChI=1S/C10H17NO7/c1-4(13)11-7-9(17-5(2)14)8(15)6(3-12)18-10(7)16/h6-10,12,15-16H,3H2,1-2H3,(H,11,13)/t6-,7+,8-,9-,10-/m1/s1. The van der Waals surface area contributed by atoms with Crippen LogP contribution in [0.5, 0.6) is 0 Å². The van der Waals surface area contributed by atoms with Gasteiger partial charge in [-0.25, -0.2) is 0 Å². The van der Waals surface area contributed by atoms with E-state index in [4.69, 9.17) is 14.6 Å². The van der Waals surface area contributed by atoms with Gasteiger partial charge in [-0.1, -0.05) is 0 Å². The maximum Gasteiger partial charge on any atom is 0.303 e. The molecule has 1 saturated heterocycles. The Bertz CT molecular complexity index is 321. The van der Waals surface area contributed by atoms with E-state index in [1.54, 1.807) is 0 Å². The average molecular weight is 263 g/mol. The Balaban J connectivity index is 2.89. The number of ether oxygens (including phenoxy) is 2.